The molecule has 0 saturated heterocycles. The Balaban J connectivity index is 1.42. The Kier molecular flexibility index (Phi) is 5.16. The third-order valence-electron chi connectivity index (χ3n) is 9.28. The van der Waals surface area contributed by atoms with Crippen LogP contribution in [-0.2, 0) is 19.3 Å². The highest BCUT2D eigenvalue weighted by Gasteiger charge is 2.41. The lowest BCUT2D eigenvalue weighted by Gasteiger charge is -2.31. The summed E-state index contributed by atoms with van der Waals surface area (Å²) in [5, 5.41) is 1.31. The molecule has 0 radical (unpaired) electrons. The second-order valence-electron chi connectivity index (χ2n) is 11.8. The molecule has 2 unspecified atom stereocenters. The minimum absolute atomic E-state index is 0.316. The summed E-state index contributed by atoms with van der Waals surface area (Å²) in [6, 6.07) is 23.2. The fourth-order valence-corrected chi connectivity index (χ4v) is 7.42. The topological polar surface area (TPSA) is 20.9 Å². The quantitative estimate of drug-likeness (QED) is 0.197. The smallest absolute Gasteiger partial charge is 0.222 e. The lowest BCUT2D eigenvalue weighted by atomic mass is 9.77. The van der Waals surface area contributed by atoms with E-state index in [0.29, 0.717) is 12.0 Å². The van der Waals surface area contributed by atoms with Crippen LogP contribution in [0.4, 0.5) is 0 Å². The van der Waals surface area contributed by atoms with Gasteiger partial charge in [0, 0.05) is 53.1 Å². The van der Waals surface area contributed by atoms with Crippen LogP contribution in [0.15, 0.2) is 83.6 Å². The van der Waals surface area contributed by atoms with E-state index in [0.717, 1.165) is 31.3 Å². The molecule has 2 aliphatic heterocycles. The Bertz CT molecular complexity index is 1810. The molecular weight excluding hydrogens is 476 g/mol. The number of benzene rings is 2. The molecule has 0 spiro atoms. The van der Waals surface area contributed by atoms with Gasteiger partial charge in [-0.3, -0.25) is 0 Å². The van der Waals surface area contributed by atoms with Gasteiger partial charge >= 0.3 is 0 Å². The van der Waals surface area contributed by atoms with E-state index in [1.807, 2.05) is 0 Å². The average molecular weight is 511 g/mol. The third kappa shape index (κ3) is 3.56. The summed E-state index contributed by atoms with van der Waals surface area (Å²) in [5.74, 6) is 1.59. The maximum atomic E-state index is 6.79. The predicted molar refractivity (Wildman–Crippen MR) is 155 cm³/mol. The van der Waals surface area contributed by atoms with E-state index < -0.39 is 0 Å². The van der Waals surface area contributed by atoms with Crippen molar-refractivity contribution >= 4 is 17.2 Å². The minimum Gasteiger partial charge on any atom is -0.460 e. The van der Waals surface area contributed by atoms with E-state index in [2.05, 4.69) is 108 Å². The predicted octanol–water partition coefficient (Wildman–Crippen LogP) is 7.59. The Morgan fingerprint density at radius 1 is 0.872 bits per heavy atom. The van der Waals surface area contributed by atoms with E-state index in [1.54, 1.807) is 0 Å². The number of allylic oxidation sites excluding steroid dienone is 1. The first-order valence-corrected chi connectivity index (χ1v) is 14.5. The molecule has 2 aromatic carbocycles. The van der Waals surface area contributed by atoms with Crippen LogP contribution in [0.2, 0.25) is 0 Å². The van der Waals surface area contributed by atoms with Crippen molar-refractivity contribution in [3.8, 4) is 22.5 Å². The first-order chi connectivity index (χ1) is 19.2. The summed E-state index contributed by atoms with van der Waals surface area (Å²) in [4.78, 5) is 0. The maximum absolute atomic E-state index is 6.79. The number of aromatic nitrogens is 2. The van der Waals surface area contributed by atoms with Crippen LogP contribution in [0.25, 0.3) is 39.7 Å². The molecule has 3 aliphatic rings. The van der Waals surface area contributed by atoms with E-state index in [4.69, 9.17) is 4.42 Å². The summed E-state index contributed by atoms with van der Waals surface area (Å²) >= 11 is 0. The zero-order valence-corrected chi connectivity index (χ0v) is 22.8. The standard InChI is InChI=1S/C36H34N2O/c1-23-17-19-37-18-7-11-28-26-8-3-4-9-27(26)31-16-13-24(2)22-38(31)32(28)21-25-14-15-30-29-10-5-6-12-34(29)39-36(30)35(25)33(37)20-23/h3-4,7-9,13-20,22,28,32H,5-6,10-12,21H2,1-2H3/q+2/b18-7+. The van der Waals surface area contributed by atoms with Gasteiger partial charge in [-0.2, -0.15) is 9.13 Å². The van der Waals surface area contributed by atoms with Crippen LogP contribution in [0.3, 0.4) is 0 Å². The van der Waals surface area contributed by atoms with Crippen molar-refractivity contribution in [3.63, 3.8) is 0 Å². The van der Waals surface area contributed by atoms with Crippen LogP contribution in [0, 0.1) is 13.8 Å². The van der Waals surface area contributed by atoms with Gasteiger partial charge in [0.2, 0.25) is 11.4 Å². The van der Waals surface area contributed by atoms with Crippen molar-refractivity contribution in [2.24, 2.45) is 0 Å². The van der Waals surface area contributed by atoms with Gasteiger partial charge in [-0.25, -0.2) is 0 Å². The fourth-order valence-electron chi connectivity index (χ4n) is 7.42. The van der Waals surface area contributed by atoms with E-state index >= 15 is 0 Å². The summed E-state index contributed by atoms with van der Waals surface area (Å²) in [6.07, 6.45) is 15.8. The average Bonchev–Trinajstić information content (AvgIpc) is 3.33. The van der Waals surface area contributed by atoms with Crippen molar-refractivity contribution in [1.82, 2.24) is 0 Å². The zero-order valence-electron chi connectivity index (χ0n) is 22.8. The van der Waals surface area contributed by atoms with Crippen LogP contribution >= 0.6 is 0 Å². The molecule has 192 valence electrons. The SMILES string of the molecule is Cc1cc[n+]2c(c1)-c1c(ccc3c4c(oc13)CCCC4)CC1C(C/C=C/2)c2ccccc2-c2ccc(C)c[n+]21. The molecule has 0 saturated carbocycles. The van der Waals surface area contributed by atoms with Crippen molar-refractivity contribution in [2.75, 3.05) is 0 Å². The van der Waals surface area contributed by atoms with Gasteiger partial charge in [-0.15, -0.1) is 0 Å². The second-order valence-corrected chi connectivity index (χ2v) is 11.8. The highest BCUT2D eigenvalue weighted by Crippen LogP contribution is 2.45. The Labute approximate surface area is 230 Å². The van der Waals surface area contributed by atoms with Crippen molar-refractivity contribution in [3.05, 3.63) is 113 Å². The Morgan fingerprint density at radius 2 is 1.77 bits per heavy atom. The molecule has 5 aromatic rings. The third-order valence-corrected chi connectivity index (χ3v) is 9.28. The van der Waals surface area contributed by atoms with Gasteiger partial charge in [0.15, 0.2) is 24.6 Å². The van der Waals surface area contributed by atoms with Crippen LogP contribution in [0.1, 0.15) is 64.8 Å². The molecule has 3 heteroatoms. The number of furan rings is 1. The van der Waals surface area contributed by atoms with Gasteiger partial charge < -0.3 is 4.42 Å². The lowest BCUT2D eigenvalue weighted by molar-refractivity contribution is -0.718. The molecule has 3 aromatic heterocycles. The fraction of sp³-hybridized carbons (Fsp3) is 0.278. The van der Waals surface area contributed by atoms with Crippen LogP contribution in [0.5, 0.6) is 0 Å². The first-order valence-electron chi connectivity index (χ1n) is 14.5. The normalized spacial score (nSPS) is 20.2. The summed E-state index contributed by atoms with van der Waals surface area (Å²) < 4.78 is 11.7. The molecule has 39 heavy (non-hydrogen) atoms. The highest BCUT2D eigenvalue weighted by atomic mass is 16.3. The number of fused-ring (bicyclic) bond motifs is 13. The van der Waals surface area contributed by atoms with Crippen LogP contribution < -0.4 is 9.13 Å². The van der Waals surface area contributed by atoms with Crippen LogP contribution in [-0.4, -0.2) is 0 Å². The molecule has 0 bridgehead atoms. The Morgan fingerprint density at radius 3 is 2.72 bits per heavy atom. The second kappa shape index (κ2) is 8.77. The number of aryl methyl sites for hydroxylation is 4. The maximum Gasteiger partial charge on any atom is 0.222 e. The number of hydrogen-bond donors (Lipinski definition) is 0. The van der Waals surface area contributed by atoms with Gasteiger partial charge in [-0.1, -0.05) is 30.3 Å². The summed E-state index contributed by atoms with van der Waals surface area (Å²) in [6.45, 7) is 4.41. The lowest BCUT2D eigenvalue weighted by Crippen LogP contribution is -2.48. The zero-order chi connectivity index (χ0) is 26.1. The molecule has 3 nitrogen and oxygen atoms in total. The molecule has 1 aliphatic carbocycles. The van der Waals surface area contributed by atoms with Gasteiger partial charge in [-0.05, 0) is 74.4 Å². The first kappa shape index (κ1) is 23.0. The van der Waals surface area contributed by atoms with E-state index in [1.165, 1.54) is 74.3 Å². The highest BCUT2D eigenvalue weighted by molar-refractivity contribution is 5.95. The number of nitrogens with zero attached hydrogens (tertiary/aromatic N) is 2. The van der Waals surface area contributed by atoms with Gasteiger partial charge in [0.25, 0.3) is 0 Å². The molecule has 0 amide bonds. The van der Waals surface area contributed by atoms with E-state index in [-0.39, 0.29) is 0 Å². The van der Waals surface area contributed by atoms with Gasteiger partial charge in [0.1, 0.15) is 11.3 Å². The minimum atomic E-state index is 0.316. The Hall–Kier alpha value is -3.98. The van der Waals surface area contributed by atoms with Crippen molar-refractivity contribution in [2.45, 2.75) is 64.3 Å². The van der Waals surface area contributed by atoms with Gasteiger partial charge in [0.05, 0.1) is 11.5 Å². The molecule has 8 rings (SSSR count). The molecular formula is C36H34N2O+2. The van der Waals surface area contributed by atoms with E-state index in [9.17, 15) is 0 Å². The molecule has 0 N–H and O–H groups in total. The molecule has 0 fully saturated rings. The van der Waals surface area contributed by atoms with Crippen molar-refractivity contribution in [1.29, 1.82) is 0 Å². The monoisotopic (exact) mass is 510 g/mol. The summed E-state index contributed by atoms with van der Waals surface area (Å²) in [7, 11) is 0. The van der Waals surface area contributed by atoms with Crippen molar-refractivity contribution < 1.29 is 13.6 Å². The summed E-state index contributed by atoms with van der Waals surface area (Å²) in [5.41, 5.74) is 13.1. The molecule has 5 heterocycles. The largest absolute Gasteiger partial charge is 0.460 e. The molecule has 2 atom stereocenters. The number of hydrogen-bond acceptors (Lipinski definition) is 1. The number of rotatable bonds is 0. The number of pyridine rings is 2.